The van der Waals surface area contributed by atoms with Crippen molar-refractivity contribution in [2.75, 3.05) is 13.7 Å². The van der Waals surface area contributed by atoms with Crippen molar-refractivity contribution in [2.24, 2.45) is 23.2 Å². The largest absolute Gasteiger partial charge is 0.504 e. The van der Waals surface area contributed by atoms with Gasteiger partial charge < -0.3 is 19.9 Å². The molecule has 1 atom stereocenters. The Morgan fingerprint density at radius 3 is 2.43 bits per heavy atom. The summed E-state index contributed by atoms with van der Waals surface area (Å²) < 4.78 is 10.1. The Balaban J connectivity index is 1.26. The Kier molecular flexibility index (Phi) is 5.76. The molecule has 0 spiro atoms. The van der Waals surface area contributed by atoms with Crippen LogP contribution in [0.5, 0.6) is 11.5 Å². The van der Waals surface area contributed by atoms with E-state index in [-0.39, 0.29) is 29.7 Å². The van der Waals surface area contributed by atoms with Gasteiger partial charge in [0.25, 0.3) is 5.91 Å². The number of rotatable bonds is 7. The second-order valence-electron chi connectivity index (χ2n) is 9.44. The molecule has 4 aliphatic rings. The van der Waals surface area contributed by atoms with E-state index in [0.29, 0.717) is 11.3 Å². The van der Waals surface area contributed by atoms with Gasteiger partial charge in [-0.25, -0.2) is 4.79 Å². The summed E-state index contributed by atoms with van der Waals surface area (Å²) in [5.74, 6) is 2.02. The lowest BCUT2D eigenvalue weighted by molar-refractivity contribution is -0.145. The first-order valence-electron chi connectivity index (χ1n) is 10.9. The fraction of sp³-hybridized carbons (Fsp3) is 0.583. The van der Waals surface area contributed by atoms with E-state index in [9.17, 15) is 14.7 Å². The van der Waals surface area contributed by atoms with Crippen LogP contribution in [0.3, 0.4) is 0 Å². The smallest absolute Gasteiger partial charge is 0.331 e. The van der Waals surface area contributed by atoms with Crippen LogP contribution in [-0.4, -0.2) is 36.7 Å². The summed E-state index contributed by atoms with van der Waals surface area (Å²) in [5.41, 5.74) is 0.910. The maximum atomic E-state index is 12.4. The van der Waals surface area contributed by atoms with Crippen molar-refractivity contribution in [1.29, 1.82) is 0 Å². The SMILES string of the molecule is COc1cc(/C=C/C(=O)OCC(=O)N[C@@H](C)C23CC4CC(CC(C4)C2)C3)ccc1O. The Hall–Kier alpha value is -2.50. The molecule has 5 rings (SSSR count). The van der Waals surface area contributed by atoms with Crippen molar-refractivity contribution in [3.63, 3.8) is 0 Å². The topological polar surface area (TPSA) is 84.9 Å². The molecule has 0 aliphatic heterocycles. The summed E-state index contributed by atoms with van der Waals surface area (Å²) >= 11 is 0. The molecule has 162 valence electrons. The predicted octanol–water partition coefficient (Wildman–Crippen LogP) is 3.68. The van der Waals surface area contributed by atoms with E-state index in [2.05, 4.69) is 12.2 Å². The molecule has 4 fully saturated rings. The molecule has 2 N–H and O–H groups in total. The number of nitrogens with one attached hydrogen (secondary N) is 1. The Labute approximate surface area is 177 Å². The normalized spacial score (nSPS) is 30.3. The van der Waals surface area contributed by atoms with Crippen LogP contribution in [-0.2, 0) is 14.3 Å². The summed E-state index contributed by atoms with van der Waals surface area (Å²) in [7, 11) is 1.46. The monoisotopic (exact) mass is 413 g/mol. The van der Waals surface area contributed by atoms with Crippen LogP contribution in [0.15, 0.2) is 24.3 Å². The fourth-order valence-corrected chi connectivity index (χ4v) is 6.29. The molecule has 0 saturated heterocycles. The van der Waals surface area contributed by atoms with Crippen molar-refractivity contribution in [2.45, 2.75) is 51.5 Å². The highest BCUT2D eigenvalue weighted by atomic mass is 16.5. The first-order valence-corrected chi connectivity index (χ1v) is 10.9. The molecular formula is C24H31NO5. The summed E-state index contributed by atoms with van der Waals surface area (Å²) in [6.07, 6.45) is 10.6. The number of amides is 1. The summed E-state index contributed by atoms with van der Waals surface area (Å²) in [6.45, 7) is 1.84. The van der Waals surface area contributed by atoms with Crippen molar-refractivity contribution in [1.82, 2.24) is 5.32 Å². The lowest BCUT2D eigenvalue weighted by Gasteiger charge is -2.59. The number of phenols is 1. The number of hydrogen-bond acceptors (Lipinski definition) is 5. The van der Waals surface area contributed by atoms with E-state index in [4.69, 9.17) is 9.47 Å². The van der Waals surface area contributed by atoms with Gasteiger partial charge in [-0.3, -0.25) is 4.79 Å². The van der Waals surface area contributed by atoms with Gasteiger partial charge in [0.05, 0.1) is 7.11 Å². The second-order valence-corrected chi connectivity index (χ2v) is 9.44. The molecule has 4 saturated carbocycles. The average Bonchev–Trinajstić information content (AvgIpc) is 2.70. The molecule has 1 aromatic carbocycles. The Morgan fingerprint density at radius 1 is 1.20 bits per heavy atom. The third-order valence-electron chi connectivity index (χ3n) is 7.34. The van der Waals surface area contributed by atoms with Gasteiger partial charge in [-0.2, -0.15) is 0 Å². The summed E-state index contributed by atoms with van der Waals surface area (Å²) in [6, 6.07) is 4.86. The molecule has 6 nitrogen and oxygen atoms in total. The van der Waals surface area contributed by atoms with Crippen LogP contribution in [0.25, 0.3) is 6.08 Å². The van der Waals surface area contributed by atoms with Gasteiger partial charge in [0, 0.05) is 12.1 Å². The zero-order valence-corrected chi connectivity index (χ0v) is 17.7. The van der Waals surface area contributed by atoms with Crippen molar-refractivity contribution in [3.05, 3.63) is 29.8 Å². The number of benzene rings is 1. The predicted molar refractivity (Wildman–Crippen MR) is 113 cm³/mol. The third-order valence-corrected chi connectivity index (χ3v) is 7.34. The van der Waals surface area contributed by atoms with Crippen molar-refractivity contribution >= 4 is 18.0 Å². The first-order chi connectivity index (χ1) is 14.4. The van der Waals surface area contributed by atoms with Gasteiger partial charge >= 0.3 is 5.97 Å². The van der Waals surface area contributed by atoms with Gasteiger partial charge in [-0.05, 0) is 92.4 Å². The molecule has 30 heavy (non-hydrogen) atoms. The van der Waals surface area contributed by atoms with Gasteiger partial charge in [-0.15, -0.1) is 0 Å². The van der Waals surface area contributed by atoms with Crippen LogP contribution in [0.4, 0.5) is 0 Å². The molecule has 0 aromatic heterocycles. The van der Waals surface area contributed by atoms with Gasteiger partial charge in [0.2, 0.25) is 0 Å². The molecule has 4 aliphatic carbocycles. The number of carbonyl (C=O) groups excluding carboxylic acids is 2. The maximum absolute atomic E-state index is 12.4. The third kappa shape index (κ3) is 4.32. The van der Waals surface area contributed by atoms with E-state index in [1.54, 1.807) is 18.2 Å². The number of carbonyl (C=O) groups is 2. The number of hydrogen-bond donors (Lipinski definition) is 2. The van der Waals surface area contributed by atoms with E-state index in [0.717, 1.165) is 17.8 Å². The van der Waals surface area contributed by atoms with Crippen molar-refractivity contribution < 1.29 is 24.2 Å². The molecular weight excluding hydrogens is 382 g/mol. The maximum Gasteiger partial charge on any atom is 0.331 e. The highest BCUT2D eigenvalue weighted by Crippen LogP contribution is 2.61. The minimum atomic E-state index is -0.584. The van der Waals surface area contributed by atoms with Crippen molar-refractivity contribution in [3.8, 4) is 11.5 Å². The zero-order valence-electron chi connectivity index (χ0n) is 17.7. The lowest BCUT2D eigenvalue weighted by Crippen LogP contribution is -2.56. The minimum Gasteiger partial charge on any atom is -0.504 e. The highest BCUT2D eigenvalue weighted by Gasteiger charge is 2.53. The number of esters is 1. The minimum absolute atomic E-state index is 0.0297. The van der Waals surface area contributed by atoms with E-state index in [1.807, 2.05) is 0 Å². The zero-order chi connectivity index (χ0) is 21.3. The first kappa shape index (κ1) is 20.8. The molecule has 6 heteroatoms. The van der Waals surface area contributed by atoms with Crippen LogP contribution >= 0.6 is 0 Å². The fourth-order valence-electron chi connectivity index (χ4n) is 6.29. The van der Waals surface area contributed by atoms with E-state index >= 15 is 0 Å². The van der Waals surface area contributed by atoms with Gasteiger partial charge in [0.15, 0.2) is 18.1 Å². The number of aromatic hydroxyl groups is 1. The Bertz CT molecular complexity index is 811. The van der Waals surface area contributed by atoms with E-state index < -0.39 is 5.97 Å². The van der Waals surface area contributed by atoms with E-state index in [1.165, 1.54) is 57.8 Å². The molecule has 0 radical (unpaired) electrons. The quantitative estimate of drug-likeness (QED) is 0.526. The number of phenolic OH excluding ortho intramolecular Hbond substituents is 1. The van der Waals surface area contributed by atoms with Crippen LogP contribution in [0.2, 0.25) is 0 Å². The van der Waals surface area contributed by atoms with Gasteiger partial charge in [0.1, 0.15) is 0 Å². The Morgan fingerprint density at radius 2 is 1.83 bits per heavy atom. The standard InChI is InChI=1S/C24H31NO5/c1-15(24-11-17-7-18(12-24)9-19(8-17)13-24)25-22(27)14-30-23(28)6-4-16-3-5-20(26)21(10-16)29-2/h3-6,10,15,17-19,26H,7-9,11-14H2,1-2H3,(H,25,27)/b6-4+/t15-,17?,18?,19?,24?/m0/s1. The van der Waals surface area contributed by atoms with Gasteiger partial charge in [-0.1, -0.05) is 6.07 Å². The molecule has 4 bridgehead atoms. The molecule has 1 amide bonds. The lowest BCUT2D eigenvalue weighted by atomic mass is 9.48. The second kappa shape index (κ2) is 8.32. The highest BCUT2D eigenvalue weighted by molar-refractivity contribution is 5.89. The number of ether oxygens (including phenoxy) is 2. The average molecular weight is 414 g/mol. The number of methoxy groups -OCH3 is 1. The summed E-state index contributed by atoms with van der Waals surface area (Å²) in [4.78, 5) is 24.4. The molecule has 1 aromatic rings. The molecule has 0 heterocycles. The van der Waals surface area contributed by atoms with Crippen LogP contribution in [0, 0.1) is 23.2 Å². The van der Waals surface area contributed by atoms with Crippen LogP contribution in [0.1, 0.15) is 51.0 Å². The summed E-state index contributed by atoms with van der Waals surface area (Å²) in [5, 5.41) is 12.7. The van der Waals surface area contributed by atoms with Crippen LogP contribution < -0.4 is 10.1 Å². The molecule has 0 unspecified atom stereocenters.